The molecule has 110 valence electrons. The van der Waals surface area contributed by atoms with E-state index in [1.807, 2.05) is 25.1 Å². The molecular weight excluding hydrogens is 284 g/mol. The first kappa shape index (κ1) is 15.3. The Kier molecular flexibility index (Phi) is 4.75. The molecule has 0 aliphatic rings. The lowest BCUT2D eigenvalue weighted by Gasteiger charge is -2.12. The van der Waals surface area contributed by atoms with Crippen LogP contribution in [-0.4, -0.2) is 15.4 Å². The number of carbonyl (C=O) groups is 1. The Morgan fingerprint density at radius 2 is 1.86 bits per heavy atom. The summed E-state index contributed by atoms with van der Waals surface area (Å²) >= 11 is 0. The molecule has 21 heavy (non-hydrogen) atoms. The average molecular weight is 302 g/mol. The van der Waals surface area contributed by atoms with Gasteiger partial charge in [-0.3, -0.25) is 9.00 Å². The van der Waals surface area contributed by atoms with Crippen LogP contribution in [0.15, 0.2) is 53.4 Å². The fraction of sp³-hybridized carbons (Fsp3) is 0.188. The lowest BCUT2D eigenvalue weighted by atomic mass is 10.2. The van der Waals surface area contributed by atoms with E-state index >= 15 is 0 Å². The van der Waals surface area contributed by atoms with Gasteiger partial charge in [0.25, 0.3) is 0 Å². The Balaban J connectivity index is 2.08. The van der Waals surface area contributed by atoms with Crippen molar-refractivity contribution in [2.75, 3.05) is 11.1 Å². The molecule has 0 spiro atoms. The molecule has 2 unspecified atom stereocenters. The minimum absolute atomic E-state index is 0.278. The topological polar surface area (TPSA) is 72.2 Å². The van der Waals surface area contributed by atoms with Crippen molar-refractivity contribution < 1.29 is 9.00 Å². The van der Waals surface area contributed by atoms with Gasteiger partial charge in [0, 0.05) is 16.3 Å². The van der Waals surface area contributed by atoms with Gasteiger partial charge in [-0.2, -0.15) is 0 Å². The lowest BCUT2D eigenvalue weighted by Crippen LogP contribution is -2.29. The summed E-state index contributed by atoms with van der Waals surface area (Å²) in [6.07, 6.45) is 0. The Morgan fingerprint density at radius 3 is 2.48 bits per heavy atom. The van der Waals surface area contributed by atoms with Crippen molar-refractivity contribution in [3.05, 3.63) is 54.1 Å². The van der Waals surface area contributed by atoms with E-state index in [1.165, 1.54) is 0 Å². The summed E-state index contributed by atoms with van der Waals surface area (Å²) in [6, 6.07) is 14.2. The molecular formula is C16H18N2O2S. The maximum Gasteiger partial charge on any atom is 0.240 e. The summed E-state index contributed by atoms with van der Waals surface area (Å²) in [5.74, 6) is -0.278. The van der Waals surface area contributed by atoms with E-state index in [1.54, 1.807) is 37.3 Å². The molecule has 1 amide bonds. The average Bonchev–Trinajstić information content (AvgIpc) is 2.48. The van der Waals surface area contributed by atoms with Crippen LogP contribution >= 0.6 is 0 Å². The zero-order chi connectivity index (χ0) is 15.4. The van der Waals surface area contributed by atoms with Crippen molar-refractivity contribution in [3.8, 4) is 0 Å². The predicted molar refractivity (Wildman–Crippen MR) is 86.5 cm³/mol. The van der Waals surface area contributed by atoms with E-state index in [2.05, 4.69) is 5.32 Å². The normalized spacial score (nSPS) is 13.4. The highest BCUT2D eigenvalue weighted by Gasteiger charge is 2.21. The minimum Gasteiger partial charge on any atom is -0.399 e. The van der Waals surface area contributed by atoms with Crippen LogP contribution in [0.3, 0.4) is 0 Å². The van der Waals surface area contributed by atoms with Gasteiger partial charge in [0.05, 0.1) is 10.8 Å². The van der Waals surface area contributed by atoms with Crippen LogP contribution in [0, 0.1) is 6.92 Å². The number of nitrogen functional groups attached to an aromatic ring is 1. The quantitative estimate of drug-likeness (QED) is 0.853. The molecule has 0 saturated carbocycles. The zero-order valence-electron chi connectivity index (χ0n) is 12.0. The van der Waals surface area contributed by atoms with Crippen molar-refractivity contribution in [1.29, 1.82) is 0 Å². The molecule has 3 N–H and O–H groups in total. The number of benzene rings is 2. The molecule has 2 rings (SSSR count). The third kappa shape index (κ3) is 3.92. The van der Waals surface area contributed by atoms with Crippen LogP contribution in [-0.2, 0) is 15.6 Å². The van der Waals surface area contributed by atoms with Crippen LogP contribution in [0.1, 0.15) is 12.5 Å². The van der Waals surface area contributed by atoms with Gasteiger partial charge in [-0.05, 0) is 55.8 Å². The van der Waals surface area contributed by atoms with E-state index in [-0.39, 0.29) is 5.91 Å². The number of amides is 1. The number of aryl methyl sites for hydroxylation is 1. The van der Waals surface area contributed by atoms with Crippen molar-refractivity contribution in [3.63, 3.8) is 0 Å². The van der Waals surface area contributed by atoms with Gasteiger partial charge >= 0.3 is 0 Å². The maximum absolute atomic E-state index is 12.4. The fourth-order valence-corrected chi connectivity index (χ4v) is 3.03. The molecule has 2 aromatic rings. The van der Waals surface area contributed by atoms with Crippen molar-refractivity contribution in [2.24, 2.45) is 0 Å². The SMILES string of the molecule is Cc1cccc(S(=O)C(C)C(=O)Nc2ccc(N)cc2)c1. The van der Waals surface area contributed by atoms with Crippen LogP contribution in [0.5, 0.6) is 0 Å². The Labute approximate surface area is 126 Å². The summed E-state index contributed by atoms with van der Waals surface area (Å²) in [7, 11) is -1.38. The van der Waals surface area contributed by atoms with Gasteiger partial charge in [0.15, 0.2) is 0 Å². The van der Waals surface area contributed by atoms with Crippen LogP contribution < -0.4 is 11.1 Å². The second-order valence-electron chi connectivity index (χ2n) is 4.87. The molecule has 0 aliphatic heterocycles. The highest BCUT2D eigenvalue weighted by Crippen LogP contribution is 2.16. The Bertz CT molecular complexity index is 668. The van der Waals surface area contributed by atoms with Crippen molar-refractivity contribution in [1.82, 2.24) is 0 Å². The summed E-state index contributed by atoms with van der Waals surface area (Å²) < 4.78 is 12.4. The molecule has 2 aromatic carbocycles. The smallest absolute Gasteiger partial charge is 0.240 e. The maximum atomic E-state index is 12.4. The monoisotopic (exact) mass is 302 g/mol. The molecule has 0 heterocycles. The minimum atomic E-state index is -1.38. The number of nitrogens with one attached hydrogen (secondary N) is 1. The van der Waals surface area contributed by atoms with Gasteiger partial charge in [-0.25, -0.2) is 0 Å². The number of carbonyl (C=O) groups excluding carboxylic acids is 1. The summed E-state index contributed by atoms with van der Waals surface area (Å²) in [4.78, 5) is 12.8. The number of hydrogen-bond acceptors (Lipinski definition) is 3. The molecule has 0 radical (unpaired) electrons. The van der Waals surface area contributed by atoms with E-state index in [0.29, 0.717) is 16.3 Å². The Morgan fingerprint density at radius 1 is 1.19 bits per heavy atom. The second-order valence-corrected chi connectivity index (χ2v) is 6.64. The highest BCUT2D eigenvalue weighted by atomic mass is 32.2. The third-order valence-electron chi connectivity index (χ3n) is 3.09. The van der Waals surface area contributed by atoms with E-state index in [4.69, 9.17) is 5.73 Å². The van der Waals surface area contributed by atoms with E-state index < -0.39 is 16.0 Å². The molecule has 5 heteroatoms. The number of hydrogen-bond donors (Lipinski definition) is 2. The largest absolute Gasteiger partial charge is 0.399 e. The first-order valence-electron chi connectivity index (χ1n) is 6.61. The zero-order valence-corrected chi connectivity index (χ0v) is 12.8. The van der Waals surface area contributed by atoms with Crippen molar-refractivity contribution >= 4 is 28.1 Å². The first-order chi connectivity index (χ1) is 9.97. The fourth-order valence-electron chi connectivity index (χ4n) is 1.85. The first-order valence-corrected chi connectivity index (χ1v) is 7.82. The second kappa shape index (κ2) is 6.54. The van der Waals surface area contributed by atoms with E-state index in [9.17, 15) is 9.00 Å². The molecule has 0 fully saturated rings. The van der Waals surface area contributed by atoms with E-state index in [0.717, 1.165) is 5.56 Å². The van der Waals surface area contributed by atoms with Crippen molar-refractivity contribution in [2.45, 2.75) is 24.0 Å². The summed E-state index contributed by atoms with van der Waals surface area (Å²) in [5, 5.41) is 2.11. The predicted octanol–water partition coefficient (Wildman–Crippen LogP) is 2.71. The number of rotatable bonds is 4. The van der Waals surface area contributed by atoms with Crippen LogP contribution in [0.25, 0.3) is 0 Å². The van der Waals surface area contributed by atoms with Crippen LogP contribution in [0.2, 0.25) is 0 Å². The summed E-state index contributed by atoms with van der Waals surface area (Å²) in [5.41, 5.74) is 7.88. The van der Waals surface area contributed by atoms with Gasteiger partial charge < -0.3 is 11.1 Å². The highest BCUT2D eigenvalue weighted by molar-refractivity contribution is 7.86. The molecule has 4 nitrogen and oxygen atoms in total. The molecule has 2 atom stereocenters. The number of nitrogens with two attached hydrogens (primary N) is 1. The lowest BCUT2D eigenvalue weighted by molar-refractivity contribution is -0.115. The Hall–Kier alpha value is -2.14. The van der Waals surface area contributed by atoms with Gasteiger partial charge in [-0.1, -0.05) is 12.1 Å². The molecule has 0 bridgehead atoms. The molecule has 0 aromatic heterocycles. The molecule has 0 saturated heterocycles. The number of anilines is 2. The summed E-state index contributed by atoms with van der Waals surface area (Å²) in [6.45, 7) is 3.59. The third-order valence-corrected chi connectivity index (χ3v) is 4.67. The van der Waals surface area contributed by atoms with Crippen LogP contribution in [0.4, 0.5) is 11.4 Å². The standard InChI is InChI=1S/C16H18N2O2S/c1-11-4-3-5-15(10-11)21(20)12(2)16(19)18-14-8-6-13(17)7-9-14/h3-10,12H,17H2,1-2H3,(H,18,19). The van der Waals surface area contributed by atoms with Gasteiger partial charge in [0.1, 0.15) is 5.25 Å². The van der Waals surface area contributed by atoms with Gasteiger partial charge in [0.2, 0.25) is 5.91 Å². The molecule has 0 aliphatic carbocycles. The van der Waals surface area contributed by atoms with Gasteiger partial charge in [-0.15, -0.1) is 0 Å².